The summed E-state index contributed by atoms with van der Waals surface area (Å²) >= 11 is 0. The third kappa shape index (κ3) is 4.41. The quantitative estimate of drug-likeness (QED) is 0.707. The van der Waals surface area contributed by atoms with Gasteiger partial charge >= 0.3 is 0 Å². The van der Waals surface area contributed by atoms with Crippen LogP contribution >= 0.6 is 0 Å². The highest BCUT2D eigenvalue weighted by Gasteiger charge is 2.13. The monoisotopic (exact) mass is 311 g/mol. The molecule has 7 heteroatoms. The third-order valence-corrected chi connectivity index (χ3v) is 3.14. The van der Waals surface area contributed by atoms with E-state index in [1.54, 1.807) is 18.6 Å². The number of benzene rings is 1. The van der Waals surface area contributed by atoms with Crippen LogP contribution in [0.4, 0.5) is 0 Å². The first kappa shape index (κ1) is 15.3. The van der Waals surface area contributed by atoms with E-state index in [0.29, 0.717) is 37.0 Å². The van der Waals surface area contributed by atoms with Gasteiger partial charge in [0, 0.05) is 24.9 Å². The third-order valence-electron chi connectivity index (χ3n) is 3.14. The Balaban J connectivity index is 1.48. The Labute approximate surface area is 133 Å². The lowest BCUT2D eigenvalue weighted by Gasteiger charge is -2.09. The van der Waals surface area contributed by atoms with Gasteiger partial charge in [0.15, 0.2) is 0 Å². The Morgan fingerprint density at radius 2 is 2.04 bits per heavy atom. The van der Waals surface area contributed by atoms with E-state index >= 15 is 0 Å². The molecule has 2 aromatic heterocycles. The zero-order chi connectivity index (χ0) is 15.9. The Bertz CT molecular complexity index is 718. The molecule has 2 N–H and O–H groups in total. The van der Waals surface area contributed by atoms with Crippen LogP contribution in [-0.2, 0) is 17.8 Å². The Hall–Kier alpha value is -2.64. The molecule has 23 heavy (non-hydrogen) atoms. The first-order valence-electron chi connectivity index (χ1n) is 7.27. The Kier molecular flexibility index (Phi) is 5.02. The molecule has 0 amide bonds. The summed E-state index contributed by atoms with van der Waals surface area (Å²) in [5, 5.41) is 3.88. The maximum atomic E-state index is 6.04. The lowest BCUT2D eigenvalue weighted by atomic mass is 10.2. The predicted octanol–water partition coefficient (Wildman–Crippen LogP) is 1.61. The van der Waals surface area contributed by atoms with Crippen LogP contribution in [-0.4, -0.2) is 32.8 Å². The highest BCUT2D eigenvalue weighted by molar-refractivity contribution is 5.45. The van der Waals surface area contributed by atoms with Crippen molar-refractivity contribution in [2.24, 2.45) is 5.73 Å². The fourth-order valence-electron chi connectivity index (χ4n) is 2.04. The summed E-state index contributed by atoms with van der Waals surface area (Å²) in [7, 11) is 0. The molecular formula is C16H17N5O2. The maximum Gasteiger partial charge on any atom is 0.228 e. The first-order chi connectivity index (χ1) is 11.3. The summed E-state index contributed by atoms with van der Waals surface area (Å²) in [5.41, 5.74) is 7.72. The number of hydrogen-bond donors (Lipinski definition) is 1. The molecule has 0 spiro atoms. The van der Waals surface area contributed by atoms with Crippen LogP contribution in [0.3, 0.4) is 0 Å². The highest BCUT2D eigenvalue weighted by Crippen LogP contribution is 2.11. The van der Waals surface area contributed by atoms with E-state index in [0.717, 1.165) is 5.56 Å². The van der Waals surface area contributed by atoms with E-state index in [-0.39, 0.29) is 6.04 Å². The topological polar surface area (TPSA) is 100.0 Å². The fraction of sp³-hybridized carbons (Fsp3) is 0.250. The normalized spacial score (nSPS) is 12.2. The molecule has 3 rings (SSSR count). The van der Waals surface area contributed by atoms with Crippen molar-refractivity contribution in [1.82, 2.24) is 20.1 Å². The number of hydrogen-bond acceptors (Lipinski definition) is 7. The van der Waals surface area contributed by atoms with Crippen LogP contribution < -0.4 is 5.73 Å². The van der Waals surface area contributed by atoms with Gasteiger partial charge in [-0.25, -0.2) is 4.98 Å². The van der Waals surface area contributed by atoms with E-state index in [9.17, 15) is 0 Å². The molecule has 118 valence electrons. The summed E-state index contributed by atoms with van der Waals surface area (Å²) < 4.78 is 10.8. The van der Waals surface area contributed by atoms with Gasteiger partial charge in [-0.2, -0.15) is 4.98 Å². The Morgan fingerprint density at radius 1 is 1.17 bits per heavy atom. The standard InChI is InChI=1S/C16H17N5O2/c17-13(11-22-10-12-4-2-1-3-5-12)8-15-20-16(21-23-15)14-9-18-6-7-19-14/h1-7,9,13H,8,10-11,17H2/t13-/m0/s1. The second-order valence-corrected chi connectivity index (χ2v) is 5.07. The van der Waals surface area contributed by atoms with E-state index in [4.69, 9.17) is 15.0 Å². The molecule has 0 saturated heterocycles. The minimum Gasteiger partial charge on any atom is -0.375 e. The highest BCUT2D eigenvalue weighted by atomic mass is 16.5. The van der Waals surface area contributed by atoms with Gasteiger partial charge in [-0.1, -0.05) is 35.5 Å². The first-order valence-corrected chi connectivity index (χ1v) is 7.27. The van der Waals surface area contributed by atoms with E-state index < -0.39 is 0 Å². The molecule has 1 aromatic carbocycles. The smallest absolute Gasteiger partial charge is 0.228 e. The number of nitrogens with two attached hydrogens (primary N) is 1. The molecule has 7 nitrogen and oxygen atoms in total. The van der Waals surface area contributed by atoms with Crippen molar-refractivity contribution in [2.45, 2.75) is 19.1 Å². The summed E-state index contributed by atoms with van der Waals surface area (Å²) in [5.74, 6) is 0.868. The van der Waals surface area contributed by atoms with Crippen LogP contribution in [0.5, 0.6) is 0 Å². The van der Waals surface area contributed by atoms with E-state index in [1.165, 1.54) is 0 Å². The molecule has 0 radical (unpaired) electrons. The largest absolute Gasteiger partial charge is 0.375 e. The minimum absolute atomic E-state index is 0.214. The molecule has 2 heterocycles. The van der Waals surface area contributed by atoms with Crippen molar-refractivity contribution in [2.75, 3.05) is 6.61 Å². The molecule has 0 aliphatic rings. The van der Waals surface area contributed by atoms with Gasteiger partial charge in [-0.05, 0) is 5.56 Å². The van der Waals surface area contributed by atoms with Crippen molar-refractivity contribution in [3.8, 4) is 11.5 Å². The van der Waals surface area contributed by atoms with Crippen molar-refractivity contribution < 1.29 is 9.26 Å². The second-order valence-electron chi connectivity index (χ2n) is 5.07. The number of nitrogens with zero attached hydrogens (tertiary/aromatic N) is 4. The molecule has 3 aromatic rings. The molecule has 0 bridgehead atoms. The van der Waals surface area contributed by atoms with Gasteiger partial charge < -0.3 is 15.0 Å². The average Bonchev–Trinajstić information content (AvgIpc) is 3.05. The number of ether oxygens (including phenoxy) is 1. The SMILES string of the molecule is N[C@H](COCc1ccccc1)Cc1nc(-c2cnccn2)no1. The zero-order valence-electron chi connectivity index (χ0n) is 12.5. The van der Waals surface area contributed by atoms with Crippen LogP contribution in [0.2, 0.25) is 0 Å². The number of aromatic nitrogens is 4. The van der Waals surface area contributed by atoms with Crippen LogP contribution in [0.1, 0.15) is 11.5 Å². The summed E-state index contributed by atoms with van der Waals surface area (Å²) in [6.07, 6.45) is 5.19. The fourth-order valence-corrected chi connectivity index (χ4v) is 2.04. The van der Waals surface area contributed by atoms with Crippen LogP contribution in [0.25, 0.3) is 11.5 Å². The van der Waals surface area contributed by atoms with Crippen molar-refractivity contribution in [3.05, 3.63) is 60.4 Å². The summed E-state index contributed by atoms with van der Waals surface area (Å²) in [4.78, 5) is 12.4. The summed E-state index contributed by atoms with van der Waals surface area (Å²) in [6, 6.07) is 9.73. The lowest BCUT2D eigenvalue weighted by molar-refractivity contribution is 0.106. The Morgan fingerprint density at radius 3 is 2.83 bits per heavy atom. The van der Waals surface area contributed by atoms with E-state index in [2.05, 4.69) is 20.1 Å². The zero-order valence-corrected chi connectivity index (χ0v) is 12.5. The van der Waals surface area contributed by atoms with Gasteiger partial charge in [0.05, 0.1) is 19.4 Å². The molecule has 0 fully saturated rings. The molecule has 0 aliphatic carbocycles. The van der Waals surface area contributed by atoms with Gasteiger partial charge in [-0.15, -0.1) is 0 Å². The van der Waals surface area contributed by atoms with Gasteiger partial charge in [0.25, 0.3) is 0 Å². The van der Waals surface area contributed by atoms with Crippen molar-refractivity contribution >= 4 is 0 Å². The predicted molar refractivity (Wildman–Crippen MR) is 83.1 cm³/mol. The van der Waals surface area contributed by atoms with Crippen molar-refractivity contribution in [1.29, 1.82) is 0 Å². The van der Waals surface area contributed by atoms with E-state index in [1.807, 2.05) is 30.3 Å². The minimum atomic E-state index is -0.214. The number of rotatable bonds is 7. The lowest BCUT2D eigenvalue weighted by Crippen LogP contribution is -2.28. The second kappa shape index (κ2) is 7.57. The molecule has 0 aliphatic heterocycles. The van der Waals surface area contributed by atoms with Gasteiger partial charge in [0.2, 0.25) is 11.7 Å². The molecule has 0 unspecified atom stereocenters. The molecular weight excluding hydrogens is 294 g/mol. The summed E-state index contributed by atoms with van der Waals surface area (Å²) in [6.45, 7) is 0.945. The van der Waals surface area contributed by atoms with Gasteiger partial charge in [-0.3, -0.25) is 4.98 Å². The van der Waals surface area contributed by atoms with Crippen molar-refractivity contribution in [3.63, 3.8) is 0 Å². The van der Waals surface area contributed by atoms with Crippen LogP contribution in [0, 0.1) is 0 Å². The molecule has 1 atom stereocenters. The maximum absolute atomic E-state index is 6.04. The van der Waals surface area contributed by atoms with Gasteiger partial charge in [0.1, 0.15) is 5.69 Å². The average molecular weight is 311 g/mol. The van der Waals surface area contributed by atoms with Crippen LogP contribution in [0.15, 0.2) is 53.4 Å². The molecule has 0 saturated carbocycles.